The highest BCUT2D eigenvalue weighted by Gasteiger charge is 2.25. The first-order valence-corrected chi connectivity index (χ1v) is 12.7. The fraction of sp³-hybridized carbons (Fsp3) is 0.517. The first-order chi connectivity index (χ1) is 18.1. The second kappa shape index (κ2) is 16.0. The summed E-state index contributed by atoms with van der Waals surface area (Å²) in [5.74, 6) is 0.207. The summed E-state index contributed by atoms with van der Waals surface area (Å²) in [4.78, 5) is 24.3. The van der Waals surface area contributed by atoms with Gasteiger partial charge >= 0.3 is 12.1 Å². The van der Waals surface area contributed by atoms with Crippen LogP contribution in [0.5, 0.6) is 5.75 Å². The number of rotatable bonds is 15. The molecule has 0 saturated heterocycles. The molecule has 0 spiro atoms. The Labute approximate surface area is 225 Å². The normalized spacial score (nSPS) is 13.7. The molecule has 2 rings (SSSR count). The molecule has 0 aliphatic carbocycles. The van der Waals surface area contributed by atoms with Gasteiger partial charge in [0.15, 0.2) is 0 Å². The van der Waals surface area contributed by atoms with Crippen molar-refractivity contribution in [2.75, 3.05) is 27.4 Å². The Morgan fingerprint density at radius 2 is 1.53 bits per heavy atom. The molecule has 2 aromatic rings. The molecule has 1 N–H and O–H groups in total. The van der Waals surface area contributed by atoms with Crippen LogP contribution in [0.1, 0.15) is 45.2 Å². The molecule has 0 heterocycles. The lowest BCUT2D eigenvalue weighted by Crippen LogP contribution is -2.44. The van der Waals surface area contributed by atoms with E-state index in [1.165, 1.54) is 7.11 Å². The first-order valence-electron chi connectivity index (χ1n) is 12.7. The largest absolute Gasteiger partial charge is 0.497 e. The van der Waals surface area contributed by atoms with Crippen LogP contribution in [0.3, 0.4) is 0 Å². The minimum absolute atomic E-state index is 0.186. The van der Waals surface area contributed by atoms with Gasteiger partial charge in [0.2, 0.25) is 0 Å². The lowest BCUT2D eigenvalue weighted by Gasteiger charge is -2.25. The molecule has 1 unspecified atom stereocenters. The molecule has 0 aliphatic heterocycles. The maximum absolute atomic E-state index is 12.2. The SMILES string of the molecule is COC(=O)[C@H](CCOC[C@@H](OCc1ccccc1)C(C)OCc1ccc(OC)cc1)NC(=O)OC(C)(C)C. The fourth-order valence-electron chi connectivity index (χ4n) is 3.40. The van der Waals surface area contributed by atoms with Crippen LogP contribution in [-0.2, 0) is 41.7 Å². The van der Waals surface area contributed by atoms with Crippen molar-refractivity contribution in [2.24, 2.45) is 0 Å². The number of amides is 1. The van der Waals surface area contributed by atoms with Crippen molar-refractivity contribution in [3.8, 4) is 5.75 Å². The van der Waals surface area contributed by atoms with Crippen molar-refractivity contribution >= 4 is 12.1 Å². The summed E-state index contributed by atoms with van der Waals surface area (Å²) in [6.07, 6.45) is -1.14. The molecule has 38 heavy (non-hydrogen) atoms. The van der Waals surface area contributed by atoms with Crippen LogP contribution in [0.4, 0.5) is 4.79 Å². The summed E-state index contributed by atoms with van der Waals surface area (Å²) >= 11 is 0. The van der Waals surface area contributed by atoms with Crippen molar-refractivity contribution in [3.63, 3.8) is 0 Å². The molecule has 9 nitrogen and oxygen atoms in total. The third-order valence-corrected chi connectivity index (χ3v) is 5.51. The van der Waals surface area contributed by atoms with Crippen LogP contribution in [0.25, 0.3) is 0 Å². The van der Waals surface area contributed by atoms with Gasteiger partial charge in [0.1, 0.15) is 23.5 Å². The van der Waals surface area contributed by atoms with Crippen LogP contribution in [0, 0.1) is 0 Å². The highest BCUT2D eigenvalue weighted by atomic mass is 16.6. The van der Waals surface area contributed by atoms with Gasteiger partial charge in [0, 0.05) is 13.0 Å². The van der Waals surface area contributed by atoms with E-state index >= 15 is 0 Å². The zero-order chi connectivity index (χ0) is 28.0. The highest BCUT2D eigenvalue weighted by molar-refractivity contribution is 5.81. The number of methoxy groups -OCH3 is 2. The average Bonchev–Trinajstić information content (AvgIpc) is 2.89. The molecule has 9 heteroatoms. The number of benzene rings is 2. The third kappa shape index (κ3) is 11.9. The van der Waals surface area contributed by atoms with Gasteiger partial charge in [-0.2, -0.15) is 0 Å². The molecule has 3 atom stereocenters. The minimum atomic E-state index is -0.901. The number of alkyl carbamates (subject to hydrolysis) is 1. The van der Waals surface area contributed by atoms with Gasteiger partial charge in [-0.3, -0.25) is 0 Å². The number of esters is 1. The molecule has 0 radical (unpaired) electrons. The van der Waals surface area contributed by atoms with Gasteiger partial charge < -0.3 is 33.7 Å². The second-order valence-corrected chi connectivity index (χ2v) is 9.78. The van der Waals surface area contributed by atoms with Gasteiger partial charge in [-0.05, 0) is 51.0 Å². The number of ether oxygens (including phenoxy) is 6. The molecular weight excluding hydrogens is 490 g/mol. The molecule has 0 aliphatic rings. The van der Waals surface area contributed by atoms with Crippen molar-refractivity contribution in [1.29, 1.82) is 0 Å². The summed E-state index contributed by atoms with van der Waals surface area (Å²) in [6.45, 7) is 8.40. The maximum atomic E-state index is 12.2. The minimum Gasteiger partial charge on any atom is -0.497 e. The van der Waals surface area contributed by atoms with E-state index in [0.29, 0.717) is 13.2 Å². The van der Waals surface area contributed by atoms with Crippen molar-refractivity contribution in [1.82, 2.24) is 5.32 Å². The summed E-state index contributed by atoms with van der Waals surface area (Å²) in [6, 6.07) is 16.6. The van der Waals surface area contributed by atoms with Crippen LogP contribution in [-0.4, -0.2) is 63.3 Å². The number of hydrogen-bond donors (Lipinski definition) is 1. The zero-order valence-corrected chi connectivity index (χ0v) is 23.2. The number of carbonyl (C=O) groups excluding carboxylic acids is 2. The number of hydrogen-bond acceptors (Lipinski definition) is 8. The van der Waals surface area contributed by atoms with Crippen LogP contribution in [0.15, 0.2) is 54.6 Å². The Bertz CT molecular complexity index is 959. The third-order valence-electron chi connectivity index (χ3n) is 5.51. The fourth-order valence-corrected chi connectivity index (χ4v) is 3.40. The maximum Gasteiger partial charge on any atom is 0.408 e. The molecule has 1 amide bonds. The van der Waals surface area contributed by atoms with E-state index in [2.05, 4.69) is 5.32 Å². The van der Waals surface area contributed by atoms with Gasteiger partial charge in [0.25, 0.3) is 0 Å². The van der Waals surface area contributed by atoms with Crippen LogP contribution >= 0.6 is 0 Å². The van der Waals surface area contributed by atoms with Crippen molar-refractivity contribution in [3.05, 3.63) is 65.7 Å². The summed E-state index contributed by atoms with van der Waals surface area (Å²) in [5.41, 5.74) is 1.36. The zero-order valence-electron chi connectivity index (χ0n) is 23.2. The van der Waals surface area contributed by atoms with E-state index in [9.17, 15) is 9.59 Å². The summed E-state index contributed by atoms with van der Waals surface area (Å²) in [5, 5.41) is 2.55. The lowest BCUT2D eigenvalue weighted by molar-refractivity contribution is -0.144. The summed E-state index contributed by atoms with van der Waals surface area (Å²) in [7, 11) is 2.89. The average molecular weight is 532 g/mol. The van der Waals surface area contributed by atoms with Crippen molar-refractivity contribution in [2.45, 2.75) is 71.2 Å². The molecular formula is C29H41NO8. The lowest BCUT2D eigenvalue weighted by atomic mass is 10.2. The van der Waals surface area contributed by atoms with Gasteiger partial charge in [-0.25, -0.2) is 9.59 Å². The Hall–Kier alpha value is -3.14. The predicted octanol–water partition coefficient (Wildman–Crippen LogP) is 4.66. The molecule has 0 fully saturated rings. The van der Waals surface area contributed by atoms with Gasteiger partial charge in [-0.1, -0.05) is 42.5 Å². The van der Waals surface area contributed by atoms with E-state index in [4.69, 9.17) is 28.4 Å². The van der Waals surface area contributed by atoms with Gasteiger partial charge in [0.05, 0.1) is 40.1 Å². The van der Waals surface area contributed by atoms with E-state index in [0.717, 1.165) is 16.9 Å². The quantitative estimate of drug-likeness (QED) is 0.262. The van der Waals surface area contributed by atoms with E-state index in [1.807, 2.05) is 61.5 Å². The Morgan fingerprint density at radius 3 is 2.13 bits per heavy atom. The van der Waals surface area contributed by atoms with Crippen LogP contribution in [0.2, 0.25) is 0 Å². The standard InChI is InChI=1S/C29H41NO8/c1-21(36-18-23-12-14-24(33-5)15-13-23)26(37-19-22-10-8-7-9-11-22)20-35-17-16-25(27(31)34-6)30-28(32)38-29(2,3)4/h7-15,21,25-26H,16-20H2,1-6H3,(H,30,32)/t21?,25-,26+/m0/s1. The predicted molar refractivity (Wildman–Crippen MR) is 143 cm³/mol. The van der Waals surface area contributed by atoms with Crippen LogP contribution < -0.4 is 10.1 Å². The monoisotopic (exact) mass is 531 g/mol. The Morgan fingerprint density at radius 1 is 0.895 bits per heavy atom. The Kier molecular flexibility index (Phi) is 13.1. The van der Waals surface area contributed by atoms with Crippen molar-refractivity contribution < 1.29 is 38.0 Å². The van der Waals surface area contributed by atoms with E-state index < -0.39 is 23.7 Å². The first kappa shape index (κ1) is 31.1. The molecule has 2 aromatic carbocycles. The Balaban J connectivity index is 1.93. The van der Waals surface area contributed by atoms with Gasteiger partial charge in [-0.15, -0.1) is 0 Å². The highest BCUT2D eigenvalue weighted by Crippen LogP contribution is 2.15. The molecule has 0 bridgehead atoms. The molecule has 0 aromatic heterocycles. The van der Waals surface area contributed by atoms with E-state index in [1.54, 1.807) is 27.9 Å². The number of carbonyl (C=O) groups is 2. The smallest absolute Gasteiger partial charge is 0.408 e. The number of nitrogens with one attached hydrogen (secondary N) is 1. The van der Waals surface area contributed by atoms with E-state index in [-0.39, 0.29) is 31.8 Å². The second-order valence-electron chi connectivity index (χ2n) is 9.78. The molecule has 0 saturated carbocycles. The summed E-state index contributed by atoms with van der Waals surface area (Å²) < 4.78 is 33.4. The molecule has 210 valence electrons. The topological polar surface area (TPSA) is 102 Å².